The van der Waals surface area contributed by atoms with Gasteiger partial charge in [-0.15, -0.1) is 0 Å². The first kappa shape index (κ1) is 17.5. The molecule has 0 saturated carbocycles. The van der Waals surface area contributed by atoms with Crippen molar-refractivity contribution in [2.24, 2.45) is 0 Å². The smallest absolute Gasteiger partial charge is 0.291 e. The fourth-order valence-electron chi connectivity index (χ4n) is 2.72. The summed E-state index contributed by atoms with van der Waals surface area (Å²) in [7, 11) is 0. The maximum absolute atomic E-state index is 13.2. The van der Waals surface area contributed by atoms with Crippen molar-refractivity contribution in [3.05, 3.63) is 76.3 Å². The molecular formula is C20H18FN3O2. The number of carbonyl (C=O) groups is 1. The van der Waals surface area contributed by atoms with Gasteiger partial charge in [0.2, 0.25) is 0 Å². The molecule has 0 radical (unpaired) electrons. The van der Waals surface area contributed by atoms with Crippen molar-refractivity contribution in [2.45, 2.75) is 20.4 Å². The molecule has 2 aromatic carbocycles. The average Bonchev–Trinajstić information content (AvgIpc) is 2.65. The lowest BCUT2D eigenvalue weighted by atomic mass is 10.0. The first-order valence-electron chi connectivity index (χ1n) is 8.25. The highest BCUT2D eigenvalue weighted by molar-refractivity contribution is 6.05. The molecule has 132 valence electrons. The largest absolute Gasteiger partial charge is 0.350 e. The van der Waals surface area contributed by atoms with Gasteiger partial charge in [-0.05, 0) is 38.1 Å². The number of nitrogens with one attached hydrogen (secondary N) is 1. The van der Waals surface area contributed by atoms with Crippen LogP contribution in [-0.2, 0) is 6.54 Å². The van der Waals surface area contributed by atoms with Crippen LogP contribution in [0.15, 0.2) is 59.4 Å². The van der Waals surface area contributed by atoms with Crippen molar-refractivity contribution < 1.29 is 9.18 Å². The van der Waals surface area contributed by atoms with Crippen LogP contribution in [-0.4, -0.2) is 15.6 Å². The Morgan fingerprint density at radius 3 is 2.35 bits per heavy atom. The quantitative estimate of drug-likeness (QED) is 0.705. The Kier molecular flexibility index (Phi) is 4.93. The fourth-order valence-corrected chi connectivity index (χ4v) is 2.72. The second-order valence-corrected chi connectivity index (χ2v) is 5.77. The summed E-state index contributed by atoms with van der Waals surface area (Å²) in [4.78, 5) is 25.2. The lowest BCUT2D eigenvalue weighted by Crippen LogP contribution is -2.28. The van der Waals surface area contributed by atoms with Crippen LogP contribution in [0, 0.1) is 5.82 Å². The SMILES string of the molecule is CCn1nc(-c2ccccc2)c(C(C)=O)c(Nc2ccc(F)cc2)c1=O. The summed E-state index contributed by atoms with van der Waals surface area (Å²) in [6, 6.07) is 14.8. The third kappa shape index (κ3) is 3.39. The van der Waals surface area contributed by atoms with Crippen molar-refractivity contribution in [2.75, 3.05) is 5.32 Å². The van der Waals surface area contributed by atoms with Gasteiger partial charge in [0.15, 0.2) is 5.78 Å². The summed E-state index contributed by atoms with van der Waals surface area (Å²) in [6.07, 6.45) is 0. The Morgan fingerprint density at radius 1 is 1.12 bits per heavy atom. The molecule has 1 heterocycles. The molecule has 0 atom stereocenters. The molecule has 0 aliphatic heterocycles. The minimum atomic E-state index is -0.401. The molecule has 0 fully saturated rings. The number of Topliss-reactive ketones (excluding diaryl/α,β-unsaturated/α-hetero) is 1. The van der Waals surface area contributed by atoms with E-state index in [1.54, 1.807) is 6.92 Å². The maximum atomic E-state index is 13.2. The van der Waals surface area contributed by atoms with Gasteiger partial charge < -0.3 is 5.32 Å². The van der Waals surface area contributed by atoms with E-state index < -0.39 is 5.56 Å². The number of anilines is 2. The number of aryl methyl sites for hydroxylation is 1. The Hall–Kier alpha value is -3.28. The second-order valence-electron chi connectivity index (χ2n) is 5.77. The number of ketones is 1. The molecule has 0 aliphatic rings. The minimum absolute atomic E-state index is 0.139. The molecule has 0 aliphatic carbocycles. The average molecular weight is 351 g/mol. The third-order valence-electron chi connectivity index (χ3n) is 3.97. The molecule has 3 aromatic rings. The molecule has 0 unspecified atom stereocenters. The van der Waals surface area contributed by atoms with E-state index in [0.29, 0.717) is 17.9 Å². The van der Waals surface area contributed by atoms with Gasteiger partial charge in [0.05, 0.1) is 5.56 Å². The zero-order valence-corrected chi connectivity index (χ0v) is 14.5. The summed E-state index contributed by atoms with van der Waals surface area (Å²) in [5.41, 5.74) is 1.64. The van der Waals surface area contributed by atoms with E-state index in [1.807, 2.05) is 30.3 Å². The van der Waals surface area contributed by atoms with E-state index in [2.05, 4.69) is 10.4 Å². The van der Waals surface area contributed by atoms with E-state index in [0.717, 1.165) is 5.56 Å². The van der Waals surface area contributed by atoms with Gasteiger partial charge in [0.1, 0.15) is 17.2 Å². The predicted octanol–water partition coefficient (Wildman–Crippen LogP) is 4.02. The van der Waals surface area contributed by atoms with Crippen molar-refractivity contribution in [3.8, 4) is 11.3 Å². The summed E-state index contributed by atoms with van der Waals surface area (Å²) < 4.78 is 14.5. The Morgan fingerprint density at radius 2 is 1.77 bits per heavy atom. The van der Waals surface area contributed by atoms with Crippen molar-refractivity contribution in [3.63, 3.8) is 0 Å². The summed E-state index contributed by atoms with van der Waals surface area (Å²) in [6.45, 7) is 3.56. The van der Waals surface area contributed by atoms with Gasteiger partial charge in [-0.2, -0.15) is 5.10 Å². The minimum Gasteiger partial charge on any atom is -0.350 e. The highest BCUT2D eigenvalue weighted by Gasteiger charge is 2.21. The van der Waals surface area contributed by atoms with E-state index in [-0.39, 0.29) is 22.9 Å². The van der Waals surface area contributed by atoms with Crippen LogP contribution in [0.5, 0.6) is 0 Å². The van der Waals surface area contributed by atoms with E-state index in [4.69, 9.17) is 0 Å². The first-order chi connectivity index (χ1) is 12.5. The van der Waals surface area contributed by atoms with Crippen LogP contribution >= 0.6 is 0 Å². The van der Waals surface area contributed by atoms with Crippen LogP contribution in [0.3, 0.4) is 0 Å². The summed E-state index contributed by atoms with van der Waals surface area (Å²) in [5.74, 6) is -0.658. The number of nitrogens with zero attached hydrogens (tertiary/aromatic N) is 2. The normalized spacial score (nSPS) is 10.6. The Balaban J connectivity index is 2.25. The third-order valence-corrected chi connectivity index (χ3v) is 3.97. The molecule has 1 aromatic heterocycles. The molecule has 6 heteroatoms. The lowest BCUT2D eigenvalue weighted by Gasteiger charge is -2.16. The van der Waals surface area contributed by atoms with Crippen LogP contribution in [0.4, 0.5) is 15.8 Å². The zero-order valence-electron chi connectivity index (χ0n) is 14.5. The van der Waals surface area contributed by atoms with Crippen molar-refractivity contribution >= 4 is 17.2 Å². The number of rotatable bonds is 5. The van der Waals surface area contributed by atoms with E-state index >= 15 is 0 Å². The molecule has 0 spiro atoms. The topological polar surface area (TPSA) is 64.0 Å². The van der Waals surface area contributed by atoms with Crippen LogP contribution in [0.1, 0.15) is 24.2 Å². The van der Waals surface area contributed by atoms with Crippen molar-refractivity contribution in [1.29, 1.82) is 0 Å². The number of hydrogen-bond donors (Lipinski definition) is 1. The van der Waals surface area contributed by atoms with Gasteiger partial charge in [0, 0.05) is 17.8 Å². The van der Waals surface area contributed by atoms with E-state index in [1.165, 1.54) is 35.9 Å². The Labute approximate surface area is 150 Å². The number of carbonyl (C=O) groups excluding carboxylic acids is 1. The first-order valence-corrected chi connectivity index (χ1v) is 8.25. The summed E-state index contributed by atoms with van der Waals surface area (Å²) in [5, 5.41) is 7.36. The van der Waals surface area contributed by atoms with Gasteiger partial charge in [-0.1, -0.05) is 30.3 Å². The highest BCUT2D eigenvalue weighted by atomic mass is 19.1. The predicted molar refractivity (Wildman–Crippen MR) is 99.3 cm³/mol. The van der Waals surface area contributed by atoms with Crippen LogP contribution < -0.4 is 10.9 Å². The molecule has 0 saturated heterocycles. The van der Waals surface area contributed by atoms with Crippen LogP contribution in [0.2, 0.25) is 0 Å². The molecular weight excluding hydrogens is 333 g/mol. The zero-order chi connectivity index (χ0) is 18.7. The molecule has 3 rings (SSSR count). The fraction of sp³-hybridized carbons (Fsp3) is 0.150. The van der Waals surface area contributed by atoms with Crippen LogP contribution in [0.25, 0.3) is 11.3 Å². The lowest BCUT2D eigenvalue weighted by molar-refractivity contribution is 0.101. The van der Waals surface area contributed by atoms with Gasteiger partial charge >= 0.3 is 0 Å². The van der Waals surface area contributed by atoms with E-state index in [9.17, 15) is 14.0 Å². The standard InChI is InChI=1S/C20H18FN3O2/c1-3-24-20(26)19(22-16-11-9-15(21)10-12-16)17(13(2)25)18(23-24)14-7-5-4-6-8-14/h4-12,22H,3H2,1-2H3. The van der Waals surface area contributed by atoms with Gasteiger partial charge in [-0.3, -0.25) is 9.59 Å². The van der Waals surface area contributed by atoms with Gasteiger partial charge in [0.25, 0.3) is 5.56 Å². The molecule has 0 bridgehead atoms. The number of hydrogen-bond acceptors (Lipinski definition) is 4. The number of halogens is 1. The second kappa shape index (κ2) is 7.31. The Bertz CT molecular complexity index is 996. The number of benzene rings is 2. The van der Waals surface area contributed by atoms with Crippen molar-refractivity contribution in [1.82, 2.24) is 9.78 Å². The molecule has 5 nitrogen and oxygen atoms in total. The van der Waals surface area contributed by atoms with Gasteiger partial charge in [-0.25, -0.2) is 9.07 Å². The number of aromatic nitrogens is 2. The molecule has 26 heavy (non-hydrogen) atoms. The molecule has 0 amide bonds. The highest BCUT2D eigenvalue weighted by Crippen LogP contribution is 2.27. The molecule has 1 N–H and O–H groups in total. The maximum Gasteiger partial charge on any atom is 0.291 e. The summed E-state index contributed by atoms with van der Waals surface area (Å²) >= 11 is 0. The monoisotopic (exact) mass is 351 g/mol.